The molecule has 0 aromatic heterocycles. The Kier molecular flexibility index (Phi) is 4.53. The molecular formula is C18H16N2. The highest BCUT2D eigenvalue weighted by molar-refractivity contribution is 5.82. The van der Waals surface area contributed by atoms with Crippen molar-refractivity contribution in [3.05, 3.63) is 59.2 Å². The molecule has 2 nitrogen and oxygen atoms in total. The highest BCUT2D eigenvalue weighted by Gasteiger charge is 2.02. The van der Waals surface area contributed by atoms with Gasteiger partial charge in [-0.1, -0.05) is 42.5 Å². The zero-order chi connectivity index (χ0) is 14.4. The van der Waals surface area contributed by atoms with E-state index in [2.05, 4.69) is 30.3 Å². The van der Waals surface area contributed by atoms with Crippen LogP contribution >= 0.6 is 0 Å². The fourth-order valence-corrected chi connectivity index (χ4v) is 2.29. The first-order chi connectivity index (χ1) is 9.74. The van der Waals surface area contributed by atoms with E-state index in [9.17, 15) is 0 Å². The fraction of sp³-hybridized carbons (Fsp3) is 0.222. The SMILES string of the molecule is CC(CCCc1ccc2ccccc2c1)=C(C#N)C#N. The fourth-order valence-electron chi connectivity index (χ4n) is 2.29. The number of rotatable bonds is 4. The Morgan fingerprint density at radius 1 is 1.00 bits per heavy atom. The van der Waals surface area contributed by atoms with Crippen LogP contribution in [0.1, 0.15) is 25.3 Å². The Balaban J connectivity index is 2.02. The second-order valence-corrected chi connectivity index (χ2v) is 4.91. The molecule has 0 amide bonds. The van der Waals surface area contributed by atoms with Gasteiger partial charge in [0.15, 0.2) is 0 Å². The Morgan fingerprint density at radius 2 is 1.70 bits per heavy atom. The molecule has 0 aliphatic carbocycles. The molecule has 2 aromatic rings. The molecule has 0 radical (unpaired) electrons. The summed E-state index contributed by atoms with van der Waals surface area (Å²) in [6, 6.07) is 18.7. The molecule has 0 aliphatic rings. The van der Waals surface area contributed by atoms with Gasteiger partial charge < -0.3 is 0 Å². The predicted octanol–water partition coefficient (Wildman–Crippen LogP) is 4.53. The molecule has 0 heterocycles. The van der Waals surface area contributed by atoms with Gasteiger partial charge in [0, 0.05) is 0 Å². The van der Waals surface area contributed by atoms with Gasteiger partial charge in [0.2, 0.25) is 0 Å². The van der Waals surface area contributed by atoms with Crippen LogP contribution in [-0.2, 0) is 6.42 Å². The van der Waals surface area contributed by atoms with Gasteiger partial charge in [-0.25, -0.2) is 0 Å². The van der Waals surface area contributed by atoms with E-state index in [1.165, 1.54) is 16.3 Å². The molecule has 0 spiro atoms. The predicted molar refractivity (Wildman–Crippen MR) is 80.8 cm³/mol. The Bertz CT molecular complexity index is 711. The molecule has 2 aromatic carbocycles. The van der Waals surface area contributed by atoms with Gasteiger partial charge in [0.05, 0.1) is 0 Å². The molecule has 2 rings (SSSR count). The van der Waals surface area contributed by atoms with Crippen LogP contribution in [0.15, 0.2) is 53.6 Å². The molecule has 0 N–H and O–H groups in total. The second-order valence-electron chi connectivity index (χ2n) is 4.91. The van der Waals surface area contributed by atoms with E-state index in [0.717, 1.165) is 24.8 Å². The molecular weight excluding hydrogens is 244 g/mol. The number of aryl methyl sites for hydroxylation is 1. The molecule has 0 aliphatic heterocycles. The summed E-state index contributed by atoms with van der Waals surface area (Å²) in [5.74, 6) is 0. The van der Waals surface area contributed by atoms with Gasteiger partial charge in [0.1, 0.15) is 17.7 Å². The smallest absolute Gasteiger partial charge is 0.128 e. The summed E-state index contributed by atoms with van der Waals surface area (Å²) >= 11 is 0. The maximum Gasteiger partial charge on any atom is 0.128 e. The molecule has 0 saturated carbocycles. The van der Waals surface area contributed by atoms with Crippen LogP contribution in [0.25, 0.3) is 10.8 Å². The van der Waals surface area contributed by atoms with Gasteiger partial charge in [-0.3, -0.25) is 0 Å². The molecule has 0 atom stereocenters. The second kappa shape index (κ2) is 6.55. The lowest BCUT2D eigenvalue weighted by Gasteiger charge is -2.04. The van der Waals surface area contributed by atoms with Crippen LogP contribution in [0.2, 0.25) is 0 Å². The van der Waals surface area contributed by atoms with E-state index in [-0.39, 0.29) is 5.57 Å². The van der Waals surface area contributed by atoms with E-state index in [0.29, 0.717) is 0 Å². The number of nitrogens with zero attached hydrogens (tertiary/aromatic N) is 2. The van der Waals surface area contributed by atoms with Crippen LogP contribution in [0.4, 0.5) is 0 Å². The molecule has 98 valence electrons. The molecule has 0 bridgehead atoms. The van der Waals surface area contributed by atoms with Gasteiger partial charge in [-0.05, 0) is 48.1 Å². The van der Waals surface area contributed by atoms with Gasteiger partial charge in [-0.2, -0.15) is 10.5 Å². The largest absolute Gasteiger partial charge is 0.192 e. The lowest BCUT2D eigenvalue weighted by molar-refractivity contribution is 0.810. The van der Waals surface area contributed by atoms with Crippen molar-refractivity contribution in [2.75, 3.05) is 0 Å². The minimum absolute atomic E-state index is 0.253. The van der Waals surface area contributed by atoms with Crippen LogP contribution in [-0.4, -0.2) is 0 Å². The molecule has 0 unspecified atom stereocenters. The number of fused-ring (bicyclic) bond motifs is 1. The van der Waals surface area contributed by atoms with Crippen molar-refractivity contribution in [2.45, 2.75) is 26.2 Å². The molecule has 0 saturated heterocycles. The summed E-state index contributed by atoms with van der Waals surface area (Å²) in [6.45, 7) is 1.86. The third kappa shape index (κ3) is 3.25. The maximum atomic E-state index is 8.80. The minimum atomic E-state index is 0.253. The summed E-state index contributed by atoms with van der Waals surface area (Å²) < 4.78 is 0. The zero-order valence-electron chi connectivity index (χ0n) is 11.6. The maximum absolute atomic E-state index is 8.80. The van der Waals surface area contributed by atoms with Crippen LogP contribution in [0, 0.1) is 22.7 Å². The van der Waals surface area contributed by atoms with Crippen molar-refractivity contribution < 1.29 is 0 Å². The molecule has 0 fully saturated rings. The summed E-state index contributed by atoms with van der Waals surface area (Å²) in [4.78, 5) is 0. The topological polar surface area (TPSA) is 47.6 Å². The van der Waals surface area contributed by atoms with Crippen molar-refractivity contribution in [3.63, 3.8) is 0 Å². The lowest BCUT2D eigenvalue weighted by Crippen LogP contribution is -1.89. The highest BCUT2D eigenvalue weighted by atomic mass is 14.3. The number of hydrogen-bond acceptors (Lipinski definition) is 2. The minimum Gasteiger partial charge on any atom is -0.192 e. The Labute approximate surface area is 119 Å². The summed E-state index contributed by atoms with van der Waals surface area (Å²) in [5, 5.41) is 20.1. The summed E-state index contributed by atoms with van der Waals surface area (Å²) in [5.41, 5.74) is 2.44. The van der Waals surface area contributed by atoms with Gasteiger partial charge in [-0.15, -0.1) is 0 Å². The van der Waals surface area contributed by atoms with Crippen molar-refractivity contribution in [3.8, 4) is 12.1 Å². The number of hydrogen-bond donors (Lipinski definition) is 0. The zero-order valence-corrected chi connectivity index (χ0v) is 11.6. The van der Waals surface area contributed by atoms with Gasteiger partial charge in [0.25, 0.3) is 0 Å². The first-order valence-electron chi connectivity index (χ1n) is 6.72. The van der Waals surface area contributed by atoms with Crippen molar-refractivity contribution >= 4 is 10.8 Å². The molecule has 20 heavy (non-hydrogen) atoms. The number of nitriles is 2. The Morgan fingerprint density at radius 3 is 2.40 bits per heavy atom. The number of benzene rings is 2. The average molecular weight is 260 g/mol. The van der Waals surface area contributed by atoms with Crippen LogP contribution < -0.4 is 0 Å². The van der Waals surface area contributed by atoms with Crippen molar-refractivity contribution in [1.29, 1.82) is 10.5 Å². The third-order valence-corrected chi connectivity index (χ3v) is 3.48. The first kappa shape index (κ1) is 13.8. The Hall–Kier alpha value is -2.58. The van der Waals surface area contributed by atoms with E-state index >= 15 is 0 Å². The monoisotopic (exact) mass is 260 g/mol. The summed E-state index contributed by atoms with van der Waals surface area (Å²) in [6.07, 6.45) is 2.71. The van der Waals surface area contributed by atoms with Crippen molar-refractivity contribution in [2.24, 2.45) is 0 Å². The first-order valence-corrected chi connectivity index (χ1v) is 6.72. The number of allylic oxidation sites excluding steroid dienone is 2. The van der Waals surface area contributed by atoms with Crippen LogP contribution in [0.5, 0.6) is 0 Å². The van der Waals surface area contributed by atoms with E-state index in [4.69, 9.17) is 10.5 Å². The van der Waals surface area contributed by atoms with Crippen molar-refractivity contribution in [1.82, 2.24) is 0 Å². The van der Waals surface area contributed by atoms with Crippen LogP contribution in [0.3, 0.4) is 0 Å². The quantitative estimate of drug-likeness (QED) is 0.758. The van der Waals surface area contributed by atoms with E-state index in [1.807, 2.05) is 31.2 Å². The van der Waals surface area contributed by atoms with E-state index in [1.54, 1.807) is 0 Å². The summed E-state index contributed by atoms with van der Waals surface area (Å²) in [7, 11) is 0. The standard InChI is InChI=1S/C18H16N2/c1-14(18(12-19)13-20)5-4-6-15-9-10-16-7-2-3-8-17(16)11-15/h2-3,7-11H,4-6H2,1H3. The molecule has 2 heteroatoms. The third-order valence-electron chi connectivity index (χ3n) is 3.48. The lowest BCUT2D eigenvalue weighted by atomic mass is 10.00. The normalized spacial score (nSPS) is 9.75. The van der Waals surface area contributed by atoms with E-state index < -0.39 is 0 Å². The van der Waals surface area contributed by atoms with Gasteiger partial charge >= 0.3 is 0 Å². The highest BCUT2D eigenvalue weighted by Crippen LogP contribution is 2.18. The average Bonchev–Trinajstić information content (AvgIpc) is 2.48.